The first-order chi connectivity index (χ1) is 12.1. The van der Waals surface area contributed by atoms with E-state index in [1.54, 1.807) is 17.3 Å². The summed E-state index contributed by atoms with van der Waals surface area (Å²) >= 11 is 7.63. The van der Waals surface area contributed by atoms with Crippen molar-refractivity contribution >= 4 is 28.8 Å². The Bertz CT molecular complexity index is 879. The molecule has 0 N–H and O–H groups in total. The maximum Gasteiger partial charge on any atom is 0.265 e. The lowest BCUT2D eigenvalue weighted by Crippen LogP contribution is -2.28. The van der Waals surface area contributed by atoms with Gasteiger partial charge in [0.05, 0.1) is 10.7 Å². The van der Waals surface area contributed by atoms with Gasteiger partial charge in [-0.1, -0.05) is 29.8 Å². The second-order valence-corrected chi connectivity index (χ2v) is 7.15. The number of nitrogens with zero attached hydrogens (tertiary/aromatic N) is 3. The molecule has 0 aliphatic heterocycles. The number of hydrogen-bond donors (Lipinski definition) is 0. The van der Waals surface area contributed by atoms with Crippen LogP contribution in [-0.2, 0) is 6.42 Å². The van der Waals surface area contributed by atoms with E-state index in [1.807, 2.05) is 50.4 Å². The molecule has 128 valence electrons. The molecule has 0 spiro atoms. The van der Waals surface area contributed by atoms with Crippen LogP contribution in [0.5, 0.6) is 0 Å². The molecule has 1 amide bonds. The molecule has 6 heteroatoms. The Morgan fingerprint density at radius 2 is 1.92 bits per heavy atom. The van der Waals surface area contributed by atoms with Crippen LogP contribution in [0.3, 0.4) is 0 Å². The largest absolute Gasteiger partial charge is 0.341 e. The quantitative estimate of drug-likeness (QED) is 0.664. The van der Waals surface area contributed by atoms with E-state index in [4.69, 9.17) is 11.6 Å². The number of aryl methyl sites for hydroxylation is 1. The van der Waals surface area contributed by atoms with E-state index in [9.17, 15) is 4.79 Å². The SMILES string of the molecule is Cc1nc(-c2ccccc2Cl)sc1C(=O)N(C)CCc1ccncc1. The third-order valence-corrected chi connectivity index (χ3v) is 5.44. The van der Waals surface area contributed by atoms with Gasteiger partial charge in [0, 0.05) is 31.5 Å². The smallest absolute Gasteiger partial charge is 0.265 e. The first-order valence-corrected chi connectivity index (χ1v) is 9.12. The minimum Gasteiger partial charge on any atom is -0.341 e. The Morgan fingerprint density at radius 1 is 1.20 bits per heavy atom. The van der Waals surface area contributed by atoms with Crippen molar-refractivity contribution in [3.05, 3.63) is 69.9 Å². The number of pyridine rings is 1. The minimum atomic E-state index is -0.0117. The summed E-state index contributed by atoms with van der Waals surface area (Å²) in [6.07, 6.45) is 4.32. The van der Waals surface area contributed by atoms with Gasteiger partial charge in [-0.15, -0.1) is 11.3 Å². The van der Waals surface area contributed by atoms with E-state index >= 15 is 0 Å². The van der Waals surface area contributed by atoms with Gasteiger partial charge in [-0.3, -0.25) is 9.78 Å². The number of carbonyl (C=O) groups excluding carboxylic acids is 1. The molecule has 0 aliphatic rings. The standard InChI is InChI=1S/C19H18ClN3OS/c1-13-17(25-18(22-13)15-5-3-4-6-16(15)20)19(24)23(2)12-9-14-7-10-21-11-8-14/h3-8,10-11H,9,12H2,1-2H3. The second-order valence-electron chi connectivity index (χ2n) is 5.75. The van der Waals surface area contributed by atoms with Crippen molar-refractivity contribution in [2.75, 3.05) is 13.6 Å². The molecule has 0 radical (unpaired) electrons. The first-order valence-electron chi connectivity index (χ1n) is 7.93. The number of carbonyl (C=O) groups is 1. The molecular formula is C19H18ClN3OS. The summed E-state index contributed by atoms with van der Waals surface area (Å²) in [5, 5.41) is 1.41. The lowest BCUT2D eigenvalue weighted by Gasteiger charge is -2.16. The van der Waals surface area contributed by atoms with Crippen LogP contribution in [0.2, 0.25) is 5.02 Å². The van der Waals surface area contributed by atoms with Gasteiger partial charge in [0.25, 0.3) is 5.91 Å². The van der Waals surface area contributed by atoms with Crippen LogP contribution in [0.15, 0.2) is 48.8 Å². The Hall–Kier alpha value is -2.24. The van der Waals surface area contributed by atoms with Crippen LogP contribution >= 0.6 is 22.9 Å². The second kappa shape index (κ2) is 7.76. The topological polar surface area (TPSA) is 46.1 Å². The molecule has 3 rings (SSSR count). The fourth-order valence-corrected chi connectivity index (χ4v) is 3.85. The fraction of sp³-hybridized carbons (Fsp3) is 0.211. The molecule has 0 atom stereocenters. The highest BCUT2D eigenvalue weighted by Crippen LogP contribution is 2.33. The van der Waals surface area contributed by atoms with Crippen LogP contribution < -0.4 is 0 Å². The van der Waals surface area contributed by atoms with Gasteiger partial charge >= 0.3 is 0 Å². The van der Waals surface area contributed by atoms with Crippen LogP contribution in [-0.4, -0.2) is 34.4 Å². The molecule has 0 bridgehead atoms. The lowest BCUT2D eigenvalue weighted by atomic mass is 10.2. The van der Waals surface area contributed by atoms with Crippen molar-refractivity contribution in [2.24, 2.45) is 0 Å². The zero-order chi connectivity index (χ0) is 17.8. The van der Waals surface area contributed by atoms with Crippen molar-refractivity contribution < 1.29 is 4.79 Å². The Morgan fingerprint density at radius 3 is 2.64 bits per heavy atom. The van der Waals surface area contributed by atoms with Crippen LogP contribution in [0.25, 0.3) is 10.6 Å². The highest BCUT2D eigenvalue weighted by Gasteiger charge is 2.20. The summed E-state index contributed by atoms with van der Waals surface area (Å²) in [4.78, 5) is 23.7. The van der Waals surface area contributed by atoms with Gasteiger partial charge in [-0.2, -0.15) is 0 Å². The molecule has 0 aliphatic carbocycles. The highest BCUT2D eigenvalue weighted by atomic mass is 35.5. The van der Waals surface area contributed by atoms with Gasteiger partial charge in [0.15, 0.2) is 0 Å². The van der Waals surface area contributed by atoms with Crippen molar-refractivity contribution in [3.8, 4) is 10.6 Å². The molecule has 4 nitrogen and oxygen atoms in total. The van der Waals surface area contributed by atoms with Gasteiger partial charge in [0.1, 0.15) is 9.88 Å². The van der Waals surface area contributed by atoms with E-state index < -0.39 is 0 Å². The zero-order valence-corrected chi connectivity index (χ0v) is 15.6. The predicted octanol–water partition coefficient (Wildman–Crippen LogP) is 4.48. The molecule has 2 heterocycles. The molecule has 0 saturated heterocycles. The summed E-state index contributed by atoms with van der Waals surface area (Å²) in [5.74, 6) is -0.0117. The molecule has 1 aromatic carbocycles. The van der Waals surface area contributed by atoms with E-state index in [1.165, 1.54) is 11.3 Å². The van der Waals surface area contributed by atoms with E-state index in [0.29, 0.717) is 16.4 Å². The molecule has 0 fully saturated rings. The summed E-state index contributed by atoms with van der Waals surface area (Å²) in [5.41, 5.74) is 2.75. The number of hydrogen-bond acceptors (Lipinski definition) is 4. The molecule has 0 saturated carbocycles. The third kappa shape index (κ3) is 4.06. The summed E-state index contributed by atoms with van der Waals surface area (Å²) in [7, 11) is 1.82. The number of halogens is 1. The van der Waals surface area contributed by atoms with Crippen LogP contribution in [0.1, 0.15) is 20.9 Å². The highest BCUT2D eigenvalue weighted by molar-refractivity contribution is 7.17. The number of aromatic nitrogens is 2. The average Bonchev–Trinajstić information content (AvgIpc) is 3.01. The minimum absolute atomic E-state index is 0.0117. The van der Waals surface area contributed by atoms with Crippen molar-refractivity contribution in [1.29, 1.82) is 0 Å². The Balaban J connectivity index is 1.75. The van der Waals surface area contributed by atoms with Crippen molar-refractivity contribution in [2.45, 2.75) is 13.3 Å². The Labute approximate surface area is 156 Å². The third-order valence-electron chi connectivity index (χ3n) is 3.93. The fourth-order valence-electron chi connectivity index (χ4n) is 2.47. The van der Waals surface area contributed by atoms with Gasteiger partial charge in [-0.25, -0.2) is 4.98 Å². The number of amides is 1. The average molecular weight is 372 g/mol. The lowest BCUT2D eigenvalue weighted by molar-refractivity contribution is 0.0800. The molecule has 3 aromatic rings. The number of benzene rings is 1. The first kappa shape index (κ1) is 17.6. The molecule has 2 aromatic heterocycles. The van der Waals surface area contributed by atoms with Gasteiger partial charge < -0.3 is 4.90 Å². The summed E-state index contributed by atoms with van der Waals surface area (Å²) in [6, 6.07) is 11.5. The van der Waals surface area contributed by atoms with Crippen LogP contribution in [0.4, 0.5) is 0 Å². The number of thiazole rings is 1. The van der Waals surface area contributed by atoms with Crippen molar-refractivity contribution in [3.63, 3.8) is 0 Å². The molecule has 0 unspecified atom stereocenters. The van der Waals surface area contributed by atoms with E-state index in [2.05, 4.69) is 9.97 Å². The van der Waals surface area contributed by atoms with E-state index in [0.717, 1.165) is 28.2 Å². The van der Waals surface area contributed by atoms with Crippen molar-refractivity contribution in [1.82, 2.24) is 14.9 Å². The Kier molecular flexibility index (Phi) is 5.46. The molecule has 25 heavy (non-hydrogen) atoms. The monoisotopic (exact) mass is 371 g/mol. The van der Waals surface area contributed by atoms with Crippen LogP contribution in [0, 0.1) is 6.92 Å². The summed E-state index contributed by atoms with van der Waals surface area (Å²) < 4.78 is 0. The maximum atomic E-state index is 12.8. The van der Waals surface area contributed by atoms with Gasteiger partial charge in [-0.05, 0) is 37.1 Å². The zero-order valence-electron chi connectivity index (χ0n) is 14.1. The normalized spacial score (nSPS) is 10.7. The summed E-state index contributed by atoms with van der Waals surface area (Å²) in [6.45, 7) is 2.50. The number of likely N-dealkylation sites (N-methyl/N-ethyl adjacent to an activating group) is 1. The van der Waals surface area contributed by atoms with E-state index in [-0.39, 0.29) is 5.91 Å². The van der Waals surface area contributed by atoms with Gasteiger partial charge in [0.2, 0.25) is 0 Å². The number of rotatable bonds is 5. The molecular weight excluding hydrogens is 354 g/mol. The predicted molar refractivity (Wildman–Crippen MR) is 102 cm³/mol. The maximum absolute atomic E-state index is 12.8.